The van der Waals surface area contributed by atoms with E-state index >= 15 is 0 Å². The van der Waals surface area contributed by atoms with Gasteiger partial charge in [0.1, 0.15) is 24.9 Å². The molecule has 0 bridgehead atoms. The standard InChI is InChI=1S/C20H20O6/c1-22-20-17-16(25-19(26-17)14-10-6-3-7-11-14)15(24-20)12-23-18(21)13-8-4-2-5-9-13/h2-11,15-17,19-20H,12H2,1H3/t15-,16-,17-,19?,20-/m1/s1. The maximum atomic E-state index is 12.1. The molecule has 2 saturated heterocycles. The Balaban J connectivity index is 1.42. The number of hydrogen-bond acceptors (Lipinski definition) is 6. The van der Waals surface area contributed by atoms with Gasteiger partial charge in [0.2, 0.25) is 0 Å². The van der Waals surface area contributed by atoms with Crippen LogP contribution in [0.3, 0.4) is 0 Å². The minimum atomic E-state index is -0.561. The number of benzene rings is 2. The third-order valence-corrected chi connectivity index (χ3v) is 4.52. The third-order valence-electron chi connectivity index (χ3n) is 4.52. The zero-order valence-corrected chi connectivity index (χ0v) is 14.3. The van der Waals surface area contributed by atoms with Crippen molar-refractivity contribution in [1.82, 2.24) is 0 Å². The molecule has 0 spiro atoms. The van der Waals surface area contributed by atoms with E-state index in [1.165, 1.54) is 0 Å². The molecule has 2 aromatic carbocycles. The van der Waals surface area contributed by atoms with Gasteiger partial charge in [0.15, 0.2) is 12.6 Å². The van der Waals surface area contributed by atoms with Crippen LogP contribution in [0, 0.1) is 0 Å². The number of methoxy groups -OCH3 is 1. The average molecular weight is 356 g/mol. The zero-order chi connectivity index (χ0) is 17.9. The molecule has 2 aliphatic rings. The summed E-state index contributed by atoms with van der Waals surface area (Å²) in [5.74, 6) is -0.398. The van der Waals surface area contributed by atoms with Crippen LogP contribution in [0.4, 0.5) is 0 Å². The Labute approximate surface area is 151 Å². The number of hydrogen-bond donors (Lipinski definition) is 0. The highest BCUT2D eigenvalue weighted by molar-refractivity contribution is 5.89. The molecule has 1 unspecified atom stereocenters. The Kier molecular flexibility index (Phi) is 4.99. The van der Waals surface area contributed by atoms with Gasteiger partial charge in [-0.15, -0.1) is 0 Å². The highest BCUT2D eigenvalue weighted by Crippen LogP contribution is 2.40. The first-order valence-electron chi connectivity index (χ1n) is 8.52. The lowest BCUT2D eigenvalue weighted by molar-refractivity contribution is -0.201. The number of esters is 1. The molecule has 136 valence electrons. The summed E-state index contributed by atoms with van der Waals surface area (Å²) in [6, 6.07) is 18.5. The Morgan fingerprint density at radius 1 is 0.923 bits per heavy atom. The molecule has 4 rings (SSSR count). The van der Waals surface area contributed by atoms with E-state index in [4.69, 9.17) is 23.7 Å². The van der Waals surface area contributed by atoms with Crippen LogP contribution >= 0.6 is 0 Å². The second-order valence-electron chi connectivity index (χ2n) is 6.19. The molecule has 0 amide bonds. The lowest BCUT2D eigenvalue weighted by atomic mass is 10.1. The Bertz CT molecular complexity index is 734. The van der Waals surface area contributed by atoms with E-state index in [2.05, 4.69) is 0 Å². The zero-order valence-electron chi connectivity index (χ0n) is 14.3. The fourth-order valence-corrected chi connectivity index (χ4v) is 3.22. The van der Waals surface area contributed by atoms with E-state index in [0.29, 0.717) is 5.56 Å². The van der Waals surface area contributed by atoms with Gasteiger partial charge in [-0.25, -0.2) is 4.79 Å². The van der Waals surface area contributed by atoms with Gasteiger partial charge in [0.05, 0.1) is 5.56 Å². The van der Waals surface area contributed by atoms with Crippen LogP contribution in [0.15, 0.2) is 60.7 Å². The quantitative estimate of drug-likeness (QED) is 0.768. The maximum Gasteiger partial charge on any atom is 0.338 e. The predicted octanol–water partition coefficient (Wildman–Crippen LogP) is 2.70. The van der Waals surface area contributed by atoms with Gasteiger partial charge in [-0.1, -0.05) is 48.5 Å². The van der Waals surface area contributed by atoms with Crippen LogP contribution in [0.2, 0.25) is 0 Å². The van der Waals surface area contributed by atoms with Crippen LogP contribution in [0.25, 0.3) is 0 Å². The van der Waals surface area contributed by atoms with Crippen LogP contribution in [0.5, 0.6) is 0 Å². The summed E-state index contributed by atoms with van der Waals surface area (Å²) < 4.78 is 28.6. The highest BCUT2D eigenvalue weighted by Gasteiger charge is 2.53. The summed E-state index contributed by atoms with van der Waals surface area (Å²) in [6.45, 7) is 0.0691. The molecule has 6 nitrogen and oxygen atoms in total. The molecule has 2 aliphatic heterocycles. The summed E-state index contributed by atoms with van der Waals surface area (Å²) in [5.41, 5.74) is 1.42. The molecule has 2 fully saturated rings. The van der Waals surface area contributed by atoms with Crippen molar-refractivity contribution in [3.8, 4) is 0 Å². The minimum Gasteiger partial charge on any atom is -0.459 e. The molecule has 0 aromatic heterocycles. The lowest BCUT2D eigenvalue weighted by Gasteiger charge is -2.19. The number of fused-ring (bicyclic) bond motifs is 1. The fraction of sp³-hybridized carbons (Fsp3) is 0.350. The lowest BCUT2D eigenvalue weighted by Crippen LogP contribution is -2.33. The van der Waals surface area contributed by atoms with E-state index < -0.39 is 24.7 Å². The Morgan fingerprint density at radius 3 is 2.27 bits per heavy atom. The monoisotopic (exact) mass is 356 g/mol. The van der Waals surface area contributed by atoms with Gasteiger partial charge in [-0.2, -0.15) is 0 Å². The minimum absolute atomic E-state index is 0.0691. The van der Waals surface area contributed by atoms with Crippen molar-refractivity contribution in [3.63, 3.8) is 0 Å². The number of carbonyl (C=O) groups is 1. The molecule has 6 heteroatoms. The fourth-order valence-electron chi connectivity index (χ4n) is 3.22. The maximum absolute atomic E-state index is 12.1. The van der Waals surface area contributed by atoms with Crippen LogP contribution in [-0.2, 0) is 23.7 Å². The van der Waals surface area contributed by atoms with Crippen molar-refractivity contribution < 1.29 is 28.5 Å². The first-order valence-corrected chi connectivity index (χ1v) is 8.52. The molecule has 2 heterocycles. The predicted molar refractivity (Wildman–Crippen MR) is 91.3 cm³/mol. The SMILES string of the molecule is CO[C@@H]1O[C@H](COC(=O)c2ccccc2)[C@H]2OC(c3ccccc3)O[C@@H]12. The number of carbonyl (C=O) groups excluding carboxylic acids is 1. The summed E-state index contributed by atoms with van der Waals surface area (Å²) in [5, 5.41) is 0. The second-order valence-corrected chi connectivity index (χ2v) is 6.19. The number of rotatable bonds is 5. The van der Waals surface area contributed by atoms with Crippen LogP contribution in [0.1, 0.15) is 22.2 Å². The summed E-state index contributed by atoms with van der Waals surface area (Å²) in [7, 11) is 1.55. The van der Waals surface area contributed by atoms with Crippen molar-refractivity contribution in [2.24, 2.45) is 0 Å². The smallest absolute Gasteiger partial charge is 0.338 e. The van der Waals surface area contributed by atoms with Gasteiger partial charge < -0.3 is 23.7 Å². The Hall–Kier alpha value is -2.25. The average Bonchev–Trinajstić information content (AvgIpc) is 3.27. The molecular formula is C20H20O6. The molecule has 26 heavy (non-hydrogen) atoms. The van der Waals surface area contributed by atoms with Gasteiger partial charge >= 0.3 is 5.97 Å². The summed E-state index contributed by atoms with van der Waals surface area (Å²) in [6.07, 6.45) is -2.24. The van der Waals surface area contributed by atoms with E-state index in [1.54, 1.807) is 31.4 Å². The van der Waals surface area contributed by atoms with Gasteiger partial charge in [0, 0.05) is 12.7 Å². The van der Waals surface area contributed by atoms with Crippen molar-refractivity contribution >= 4 is 5.97 Å². The normalized spacial score (nSPS) is 30.1. The molecule has 0 saturated carbocycles. The van der Waals surface area contributed by atoms with Gasteiger partial charge in [-0.05, 0) is 12.1 Å². The van der Waals surface area contributed by atoms with E-state index in [9.17, 15) is 4.79 Å². The van der Waals surface area contributed by atoms with E-state index in [1.807, 2.05) is 36.4 Å². The van der Waals surface area contributed by atoms with Crippen LogP contribution in [-0.4, -0.2) is 44.3 Å². The van der Waals surface area contributed by atoms with Crippen molar-refractivity contribution in [2.45, 2.75) is 30.9 Å². The second kappa shape index (κ2) is 7.55. The molecule has 0 aliphatic carbocycles. The first-order chi connectivity index (χ1) is 12.8. The Morgan fingerprint density at radius 2 is 1.58 bits per heavy atom. The molecule has 2 aromatic rings. The molecular weight excluding hydrogens is 336 g/mol. The highest BCUT2D eigenvalue weighted by atomic mass is 16.8. The van der Waals surface area contributed by atoms with Gasteiger partial charge in [-0.3, -0.25) is 0 Å². The van der Waals surface area contributed by atoms with Gasteiger partial charge in [0.25, 0.3) is 0 Å². The summed E-state index contributed by atoms with van der Waals surface area (Å²) >= 11 is 0. The largest absolute Gasteiger partial charge is 0.459 e. The molecule has 5 atom stereocenters. The topological polar surface area (TPSA) is 63.2 Å². The van der Waals surface area contributed by atoms with Crippen LogP contribution < -0.4 is 0 Å². The van der Waals surface area contributed by atoms with Crippen molar-refractivity contribution in [2.75, 3.05) is 13.7 Å². The first kappa shape index (κ1) is 17.2. The van der Waals surface area contributed by atoms with Crippen molar-refractivity contribution in [3.05, 3.63) is 71.8 Å². The molecule has 0 radical (unpaired) electrons. The summed E-state index contributed by atoms with van der Waals surface area (Å²) in [4.78, 5) is 12.1. The van der Waals surface area contributed by atoms with E-state index in [-0.39, 0.29) is 18.8 Å². The van der Waals surface area contributed by atoms with E-state index in [0.717, 1.165) is 5.56 Å². The molecule has 0 N–H and O–H groups in total. The van der Waals surface area contributed by atoms with Crippen molar-refractivity contribution in [1.29, 1.82) is 0 Å². The third kappa shape index (κ3) is 3.37. The number of ether oxygens (including phenoxy) is 5.